The van der Waals surface area contributed by atoms with Crippen molar-refractivity contribution in [3.63, 3.8) is 0 Å². The van der Waals surface area contributed by atoms with Crippen molar-refractivity contribution >= 4 is 24.0 Å². The van der Waals surface area contributed by atoms with Crippen LogP contribution in [-0.2, 0) is 13.1 Å². The fourth-order valence-corrected chi connectivity index (χ4v) is 3.90. The molecule has 0 atom stereocenters. The van der Waals surface area contributed by atoms with Gasteiger partial charge in [0.15, 0.2) is 0 Å². The molecule has 1 fully saturated rings. The van der Waals surface area contributed by atoms with Gasteiger partial charge in [0.25, 0.3) is 11.6 Å². The molecule has 2 aromatic rings. The van der Waals surface area contributed by atoms with Gasteiger partial charge in [0.1, 0.15) is 23.0 Å². The molecule has 10 nitrogen and oxygen atoms in total. The van der Waals surface area contributed by atoms with Gasteiger partial charge in [0.2, 0.25) is 0 Å². The van der Waals surface area contributed by atoms with E-state index in [2.05, 4.69) is 20.1 Å². The number of fused-ring (bicyclic) bond motifs is 1. The molecule has 0 spiro atoms. The van der Waals surface area contributed by atoms with Crippen LogP contribution in [0.2, 0.25) is 0 Å². The van der Waals surface area contributed by atoms with E-state index in [4.69, 9.17) is 4.74 Å². The highest BCUT2D eigenvalue weighted by Crippen LogP contribution is 2.31. The van der Waals surface area contributed by atoms with Gasteiger partial charge >= 0.3 is 0 Å². The summed E-state index contributed by atoms with van der Waals surface area (Å²) < 4.78 is 7.30. The maximum absolute atomic E-state index is 12.9. The first kappa shape index (κ1) is 21.0. The SMILES string of the molecule is COc1ccc([N+](=O)[O-])c(C(=O)N2CCC(c3nnc4n3CCNC4)CC2)c1.Cl. The summed E-state index contributed by atoms with van der Waals surface area (Å²) in [5.74, 6) is 2.26. The number of benzene rings is 1. The van der Waals surface area contributed by atoms with Gasteiger partial charge in [-0.3, -0.25) is 14.9 Å². The van der Waals surface area contributed by atoms with Crippen molar-refractivity contribution in [1.29, 1.82) is 0 Å². The third-order valence-electron chi connectivity index (χ3n) is 5.43. The summed E-state index contributed by atoms with van der Waals surface area (Å²) in [6.07, 6.45) is 1.52. The number of piperidine rings is 1. The molecule has 2 aliphatic heterocycles. The molecule has 4 rings (SSSR count). The van der Waals surface area contributed by atoms with Crippen LogP contribution in [0.4, 0.5) is 5.69 Å². The standard InChI is InChI=1S/C18H22N6O4.ClH/c1-28-13-2-3-15(24(26)27)14(10-13)18(25)22-7-4-12(5-8-22)17-21-20-16-11-19-6-9-23(16)17;/h2-3,10,12,19H,4-9,11H2,1H3;1H. The lowest BCUT2D eigenvalue weighted by Gasteiger charge is -2.32. The van der Waals surface area contributed by atoms with Crippen molar-refractivity contribution in [2.75, 3.05) is 26.7 Å². The highest BCUT2D eigenvalue weighted by molar-refractivity contribution is 5.98. The zero-order valence-corrected chi connectivity index (χ0v) is 16.9. The second-order valence-corrected chi connectivity index (χ2v) is 7.01. The van der Waals surface area contributed by atoms with Gasteiger partial charge in [-0.15, -0.1) is 22.6 Å². The summed E-state index contributed by atoms with van der Waals surface area (Å²) >= 11 is 0. The number of nitro groups is 1. The Morgan fingerprint density at radius 3 is 2.72 bits per heavy atom. The van der Waals surface area contributed by atoms with E-state index in [-0.39, 0.29) is 35.5 Å². The normalized spacial score (nSPS) is 16.7. The van der Waals surface area contributed by atoms with Crippen LogP contribution in [0.3, 0.4) is 0 Å². The van der Waals surface area contributed by atoms with Gasteiger partial charge in [0, 0.05) is 38.2 Å². The zero-order chi connectivity index (χ0) is 19.7. The van der Waals surface area contributed by atoms with Crippen molar-refractivity contribution in [3.8, 4) is 5.75 Å². The molecule has 0 radical (unpaired) electrons. The van der Waals surface area contributed by atoms with Crippen LogP contribution in [0.5, 0.6) is 5.75 Å². The van der Waals surface area contributed by atoms with Crippen molar-refractivity contribution in [2.45, 2.75) is 31.8 Å². The lowest BCUT2D eigenvalue weighted by molar-refractivity contribution is -0.385. The van der Waals surface area contributed by atoms with Crippen LogP contribution in [0.1, 0.15) is 40.8 Å². The Kier molecular flexibility index (Phi) is 6.33. The highest BCUT2D eigenvalue weighted by atomic mass is 35.5. The Morgan fingerprint density at radius 2 is 2.03 bits per heavy atom. The lowest BCUT2D eigenvalue weighted by atomic mass is 9.95. The van der Waals surface area contributed by atoms with Crippen LogP contribution in [0.15, 0.2) is 18.2 Å². The molecule has 1 saturated heterocycles. The Labute approximate surface area is 173 Å². The number of aromatic nitrogens is 3. The van der Waals surface area contributed by atoms with Crippen molar-refractivity contribution in [2.24, 2.45) is 0 Å². The smallest absolute Gasteiger partial charge is 0.282 e. The molecule has 3 heterocycles. The van der Waals surface area contributed by atoms with Crippen LogP contribution >= 0.6 is 12.4 Å². The van der Waals surface area contributed by atoms with E-state index in [1.165, 1.54) is 25.3 Å². The number of nitro benzene ring substituents is 1. The van der Waals surface area contributed by atoms with Crippen LogP contribution in [-0.4, -0.2) is 57.2 Å². The largest absolute Gasteiger partial charge is 0.497 e. The molecular formula is C18H23ClN6O4. The summed E-state index contributed by atoms with van der Waals surface area (Å²) in [5.41, 5.74) is -0.138. The van der Waals surface area contributed by atoms with E-state index in [9.17, 15) is 14.9 Å². The molecule has 1 amide bonds. The fraction of sp³-hybridized carbons (Fsp3) is 0.500. The third-order valence-corrected chi connectivity index (χ3v) is 5.43. The summed E-state index contributed by atoms with van der Waals surface area (Å²) in [6, 6.07) is 4.24. The Balaban J connectivity index is 0.00000240. The summed E-state index contributed by atoms with van der Waals surface area (Å²) in [4.78, 5) is 25.4. The Morgan fingerprint density at radius 1 is 1.28 bits per heavy atom. The molecule has 2 aliphatic rings. The van der Waals surface area contributed by atoms with Gasteiger partial charge in [-0.2, -0.15) is 0 Å². The van der Waals surface area contributed by atoms with E-state index in [1.807, 2.05) is 0 Å². The first-order chi connectivity index (χ1) is 13.6. The molecule has 0 saturated carbocycles. The molecule has 156 valence electrons. The summed E-state index contributed by atoms with van der Waals surface area (Å²) in [6.45, 7) is 3.53. The molecule has 1 aromatic carbocycles. The number of hydrogen-bond donors (Lipinski definition) is 1. The minimum absolute atomic E-state index is 0. The zero-order valence-electron chi connectivity index (χ0n) is 16.0. The first-order valence-corrected chi connectivity index (χ1v) is 9.33. The van der Waals surface area contributed by atoms with Crippen molar-refractivity contribution in [3.05, 3.63) is 45.5 Å². The van der Waals surface area contributed by atoms with E-state index in [0.717, 1.165) is 44.1 Å². The van der Waals surface area contributed by atoms with Crippen molar-refractivity contribution in [1.82, 2.24) is 25.0 Å². The maximum atomic E-state index is 12.9. The van der Waals surface area contributed by atoms with Gasteiger partial charge in [-0.05, 0) is 25.0 Å². The van der Waals surface area contributed by atoms with E-state index in [1.54, 1.807) is 4.90 Å². The quantitative estimate of drug-likeness (QED) is 0.589. The number of likely N-dealkylation sites (tertiary alicyclic amines) is 1. The van der Waals surface area contributed by atoms with Gasteiger partial charge in [0.05, 0.1) is 18.6 Å². The predicted octanol–water partition coefficient (Wildman–Crippen LogP) is 1.74. The highest BCUT2D eigenvalue weighted by Gasteiger charge is 2.31. The number of amides is 1. The van der Waals surface area contributed by atoms with Crippen molar-refractivity contribution < 1.29 is 14.5 Å². The second-order valence-electron chi connectivity index (χ2n) is 7.01. The number of nitrogens with zero attached hydrogens (tertiary/aromatic N) is 5. The minimum atomic E-state index is -0.532. The van der Waals surface area contributed by atoms with E-state index >= 15 is 0 Å². The average Bonchev–Trinajstić information content (AvgIpc) is 3.17. The molecule has 0 aliphatic carbocycles. The maximum Gasteiger partial charge on any atom is 0.282 e. The summed E-state index contributed by atoms with van der Waals surface area (Å²) in [5, 5.41) is 23.2. The lowest BCUT2D eigenvalue weighted by Crippen LogP contribution is -2.39. The van der Waals surface area contributed by atoms with Gasteiger partial charge < -0.3 is 19.5 Å². The number of hydrogen-bond acceptors (Lipinski definition) is 7. The van der Waals surface area contributed by atoms with Gasteiger partial charge in [-0.25, -0.2) is 0 Å². The molecular weight excluding hydrogens is 400 g/mol. The Hall–Kier alpha value is -2.72. The number of carbonyl (C=O) groups excluding carboxylic acids is 1. The topological polar surface area (TPSA) is 115 Å². The van der Waals surface area contributed by atoms with Crippen LogP contribution in [0, 0.1) is 10.1 Å². The molecule has 29 heavy (non-hydrogen) atoms. The average molecular weight is 423 g/mol. The number of rotatable bonds is 4. The molecule has 0 bridgehead atoms. The monoisotopic (exact) mass is 422 g/mol. The second kappa shape index (κ2) is 8.75. The number of ether oxygens (including phenoxy) is 1. The van der Waals surface area contributed by atoms with Gasteiger partial charge in [-0.1, -0.05) is 0 Å². The molecule has 1 aromatic heterocycles. The molecule has 11 heteroatoms. The predicted molar refractivity (Wildman–Crippen MR) is 107 cm³/mol. The Bertz CT molecular complexity index is 910. The first-order valence-electron chi connectivity index (χ1n) is 9.33. The van der Waals surface area contributed by atoms with Crippen LogP contribution in [0.25, 0.3) is 0 Å². The minimum Gasteiger partial charge on any atom is -0.497 e. The number of methoxy groups -OCH3 is 1. The van der Waals surface area contributed by atoms with Crippen LogP contribution < -0.4 is 10.1 Å². The number of carbonyl (C=O) groups is 1. The number of nitrogens with one attached hydrogen (secondary N) is 1. The number of halogens is 1. The fourth-order valence-electron chi connectivity index (χ4n) is 3.90. The van der Waals surface area contributed by atoms with E-state index < -0.39 is 4.92 Å². The molecule has 0 unspecified atom stereocenters. The molecule has 1 N–H and O–H groups in total. The third kappa shape index (κ3) is 4.03. The summed E-state index contributed by atoms with van der Waals surface area (Å²) in [7, 11) is 1.47. The van der Waals surface area contributed by atoms with E-state index in [0.29, 0.717) is 18.8 Å².